The molecule has 1 heterocycles. The first-order valence-corrected chi connectivity index (χ1v) is 4.43. The Labute approximate surface area is 101 Å². The molecule has 0 bridgehead atoms. The summed E-state index contributed by atoms with van der Waals surface area (Å²) in [4.78, 5) is 3.15. The van der Waals surface area contributed by atoms with E-state index in [-0.39, 0.29) is 24.0 Å². The van der Waals surface area contributed by atoms with Crippen LogP contribution >= 0.6 is 0 Å². The Morgan fingerprint density at radius 2 is 1.93 bits per heavy atom. The highest BCUT2D eigenvalue weighted by molar-refractivity contribution is 5.13. The molecule has 0 atom stereocenters. The van der Waals surface area contributed by atoms with Crippen LogP contribution in [0.3, 0.4) is 0 Å². The number of nitrogens with one attached hydrogen (secondary N) is 1. The van der Waals surface area contributed by atoms with E-state index in [1.165, 1.54) is 11.4 Å². The SMILES string of the molecule is Cc1[nH]cc[n+]1Cc1ccccc1.[I-]. The van der Waals surface area contributed by atoms with Crippen LogP contribution in [0.1, 0.15) is 11.4 Å². The predicted octanol–water partition coefficient (Wildman–Crippen LogP) is -1.34. The molecule has 74 valence electrons. The van der Waals surface area contributed by atoms with Gasteiger partial charge in [-0.1, -0.05) is 30.3 Å². The van der Waals surface area contributed by atoms with E-state index < -0.39 is 0 Å². The lowest BCUT2D eigenvalue weighted by atomic mass is 10.2. The lowest BCUT2D eigenvalue weighted by molar-refractivity contribution is -0.693. The van der Waals surface area contributed by atoms with E-state index in [1.807, 2.05) is 12.3 Å². The van der Waals surface area contributed by atoms with Gasteiger partial charge in [0, 0.05) is 6.92 Å². The zero-order valence-corrected chi connectivity index (χ0v) is 10.2. The van der Waals surface area contributed by atoms with Crippen molar-refractivity contribution >= 4 is 0 Å². The third-order valence-electron chi connectivity index (χ3n) is 2.17. The van der Waals surface area contributed by atoms with E-state index in [0.717, 1.165) is 6.54 Å². The first kappa shape index (κ1) is 11.2. The minimum absolute atomic E-state index is 0. The van der Waals surface area contributed by atoms with Crippen molar-refractivity contribution in [3.63, 3.8) is 0 Å². The molecule has 0 aliphatic carbocycles. The van der Waals surface area contributed by atoms with E-state index in [9.17, 15) is 0 Å². The average molecular weight is 300 g/mol. The van der Waals surface area contributed by atoms with Crippen molar-refractivity contribution in [3.8, 4) is 0 Å². The van der Waals surface area contributed by atoms with Crippen molar-refractivity contribution in [3.05, 3.63) is 54.1 Å². The van der Waals surface area contributed by atoms with E-state index in [2.05, 4.69) is 46.9 Å². The third-order valence-corrected chi connectivity index (χ3v) is 2.17. The number of benzene rings is 1. The van der Waals surface area contributed by atoms with Gasteiger partial charge in [0.25, 0.3) is 5.82 Å². The molecule has 0 radical (unpaired) electrons. The van der Waals surface area contributed by atoms with Crippen LogP contribution in [-0.4, -0.2) is 4.98 Å². The van der Waals surface area contributed by atoms with Gasteiger partial charge in [-0.3, -0.25) is 0 Å². The number of aromatic nitrogens is 2. The Hall–Kier alpha value is -0.840. The van der Waals surface area contributed by atoms with Gasteiger partial charge >= 0.3 is 0 Å². The second kappa shape index (κ2) is 5.14. The van der Waals surface area contributed by atoms with Gasteiger partial charge in [-0.25, -0.2) is 9.55 Å². The smallest absolute Gasteiger partial charge is 0.251 e. The van der Waals surface area contributed by atoms with Crippen LogP contribution in [0.25, 0.3) is 0 Å². The first-order valence-electron chi connectivity index (χ1n) is 4.43. The number of aromatic amines is 1. The van der Waals surface area contributed by atoms with Crippen molar-refractivity contribution in [2.24, 2.45) is 0 Å². The van der Waals surface area contributed by atoms with Gasteiger partial charge in [0.1, 0.15) is 18.9 Å². The van der Waals surface area contributed by atoms with Gasteiger partial charge in [-0.2, -0.15) is 0 Å². The summed E-state index contributed by atoms with van der Waals surface area (Å²) < 4.78 is 2.19. The Morgan fingerprint density at radius 3 is 2.50 bits per heavy atom. The minimum atomic E-state index is 0. The number of H-pyrrole nitrogens is 1. The molecule has 1 aromatic heterocycles. The van der Waals surface area contributed by atoms with Crippen LogP contribution in [0.2, 0.25) is 0 Å². The number of halogens is 1. The van der Waals surface area contributed by atoms with E-state index in [4.69, 9.17) is 0 Å². The molecule has 0 saturated carbocycles. The van der Waals surface area contributed by atoms with E-state index >= 15 is 0 Å². The molecule has 3 heteroatoms. The minimum Gasteiger partial charge on any atom is -1.00 e. The van der Waals surface area contributed by atoms with Crippen molar-refractivity contribution in [1.29, 1.82) is 0 Å². The van der Waals surface area contributed by atoms with Crippen LogP contribution in [0.4, 0.5) is 0 Å². The maximum Gasteiger partial charge on any atom is 0.251 e. The first-order chi connectivity index (χ1) is 6.36. The molecule has 0 aliphatic heterocycles. The lowest BCUT2D eigenvalue weighted by Gasteiger charge is -1.97. The van der Waals surface area contributed by atoms with Gasteiger partial charge in [0.2, 0.25) is 0 Å². The fraction of sp³-hybridized carbons (Fsp3) is 0.182. The van der Waals surface area contributed by atoms with Crippen molar-refractivity contribution in [2.45, 2.75) is 13.5 Å². The number of hydrogen-bond donors (Lipinski definition) is 1. The molecule has 14 heavy (non-hydrogen) atoms. The van der Waals surface area contributed by atoms with E-state index in [1.54, 1.807) is 0 Å². The van der Waals surface area contributed by atoms with E-state index in [0.29, 0.717) is 0 Å². The number of hydrogen-bond acceptors (Lipinski definition) is 0. The zero-order chi connectivity index (χ0) is 9.10. The molecule has 0 saturated heterocycles. The lowest BCUT2D eigenvalue weighted by Crippen LogP contribution is -3.00. The summed E-state index contributed by atoms with van der Waals surface area (Å²) in [6.45, 7) is 3.01. The standard InChI is InChI=1S/C11H12N2.HI/c1-10-12-7-8-13(10)9-11-5-3-2-4-6-11;/h2-8H,9H2,1H3;1H. The van der Waals surface area contributed by atoms with Crippen molar-refractivity contribution in [2.75, 3.05) is 0 Å². The van der Waals surface area contributed by atoms with Crippen molar-refractivity contribution in [1.82, 2.24) is 4.98 Å². The molecule has 0 fully saturated rings. The maximum absolute atomic E-state index is 3.15. The molecule has 1 N–H and O–H groups in total. The van der Waals surface area contributed by atoms with Crippen LogP contribution in [-0.2, 0) is 6.54 Å². The summed E-state index contributed by atoms with van der Waals surface area (Å²) >= 11 is 0. The molecule has 2 nitrogen and oxygen atoms in total. The monoisotopic (exact) mass is 300 g/mol. The summed E-state index contributed by atoms with van der Waals surface area (Å²) in [6.07, 6.45) is 4.01. The molecular weight excluding hydrogens is 287 g/mol. The summed E-state index contributed by atoms with van der Waals surface area (Å²) in [5.74, 6) is 1.18. The highest BCUT2D eigenvalue weighted by Crippen LogP contribution is 1.97. The molecule has 0 amide bonds. The topological polar surface area (TPSA) is 19.7 Å². The number of aryl methyl sites for hydroxylation is 1. The highest BCUT2D eigenvalue weighted by Gasteiger charge is 2.03. The largest absolute Gasteiger partial charge is 1.00 e. The van der Waals surface area contributed by atoms with Gasteiger partial charge in [0.05, 0.1) is 0 Å². The maximum atomic E-state index is 3.15. The molecule has 2 rings (SSSR count). The third kappa shape index (κ3) is 2.57. The molecular formula is C11H13IN2. The van der Waals surface area contributed by atoms with Gasteiger partial charge < -0.3 is 24.0 Å². The number of imidazole rings is 1. The van der Waals surface area contributed by atoms with Crippen LogP contribution in [0, 0.1) is 6.92 Å². The Kier molecular flexibility index (Phi) is 4.13. The second-order valence-electron chi connectivity index (χ2n) is 3.16. The molecule has 1 aromatic carbocycles. The molecule has 2 aromatic rings. The van der Waals surface area contributed by atoms with Gasteiger partial charge in [-0.05, 0) is 5.56 Å². The normalized spacial score (nSPS) is 9.50. The summed E-state index contributed by atoms with van der Waals surface area (Å²) in [5, 5.41) is 0. The summed E-state index contributed by atoms with van der Waals surface area (Å²) in [6, 6.07) is 10.5. The average Bonchev–Trinajstić information content (AvgIpc) is 2.54. The van der Waals surface area contributed by atoms with Gasteiger partial charge in [-0.15, -0.1) is 0 Å². The molecule has 0 aliphatic rings. The number of rotatable bonds is 2. The Bertz CT molecular complexity index is 381. The fourth-order valence-electron chi connectivity index (χ4n) is 1.39. The Morgan fingerprint density at radius 1 is 1.21 bits per heavy atom. The van der Waals surface area contributed by atoms with Crippen molar-refractivity contribution < 1.29 is 28.5 Å². The highest BCUT2D eigenvalue weighted by atomic mass is 127. The number of nitrogens with zero attached hydrogens (tertiary/aromatic N) is 1. The van der Waals surface area contributed by atoms with Crippen LogP contribution < -0.4 is 28.5 Å². The summed E-state index contributed by atoms with van der Waals surface area (Å²) in [7, 11) is 0. The van der Waals surface area contributed by atoms with Crippen LogP contribution in [0.15, 0.2) is 42.7 Å². The van der Waals surface area contributed by atoms with Crippen LogP contribution in [0.5, 0.6) is 0 Å². The second-order valence-corrected chi connectivity index (χ2v) is 3.16. The summed E-state index contributed by atoms with van der Waals surface area (Å²) in [5.41, 5.74) is 1.33. The predicted molar refractivity (Wildman–Crippen MR) is 51.3 cm³/mol. The Balaban J connectivity index is 0.000000980. The quantitative estimate of drug-likeness (QED) is 0.523. The molecule has 0 spiro atoms. The molecule has 0 unspecified atom stereocenters. The fourth-order valence-corrected chi connectivity index (χ4v) is 1.39. The zero-order valence-electron chi connectivity index (χ0n) is 8.07. The van der Waals surface area contributed by atoms with Gasteiger partial charge in [0.15, 0.2) is 0 Å².